The van der Waals surface area contributed by atoms with Gasteiger partial charge in [0.05, 0.1) is 5.69 Å². The van der Waals surface area contributed by atoms with Crippen molar-refractivity contribution in [1.82, 2.24) is 9.80 Å². The van der Waals surface area contributed by atoms with Crippen molar-refractivity contribution >= 4 is 11.6 Å². The standard InChI is InChI=1S/C16H24FN3O/c1-3-19(4-2)13-7-9-20(10-8-13)16(21)12-5-6-14(17)15(18)11-12/h5-6,11,13H,3-4,7-10,18H2,1-2H3. The van der Waals surface area contributed by atoms with Gasteiger partial charge in [-0.2, -0.15) is 0 Å². The second-order valence-corrected chi connectivity index (χ2v) is 5.48. The van der Waals surface area contributed by atoms with Gasteiger partial charge < -0.3 is 15.5 Å². The lowest BCUT2D eigenvalue weighted by Crippen LogP contribution is -2.46. The molecule has 5 heteroatoms. The quantitative estimate of drug-likeness (QED) is 0.867. The van der Waals surface area contributed by atoms with E-state index in [1.807, 2.05) is 4.90 Å². The van der Waals surface area contributed by atoms with E-state index in [0.717, 1.165) is 39.0 Å². The average molecular weight is 293 g/mol. The number of rotatable bonds is 4. The molecule has 1 saturated heterocycles. The SMILES string of the molecule is CCN(CC)C1CCN(C(=O)c2ccc(F)c(N)c2)CC1. The van der Waals surface area contributed by atoms with Gasteiger partial charge in [0.2, 0.25) is 0 Å². The Bertz CT molecular complexity index is 494. The summed E-state index contributed by atoms with van der Waals surface area (Å²) in [4.78, 5) is 16.7. The molecule has 0 saturated carbocycles. The molecule has 0 spiro atoms. The van der Waals surface area contributed by atoms with Crippen LogP contribution in [0.15, 0.2) is 18.2 Å². The number of amides is 1. The average Bonchev–Trinajstić information content (AvgIpc) is 2.51. The highest BCUT2D eigenvalue weighted by Crippen LogP contribution is 2.20. The van der Waals surface area contributed by atoms with Gasteiger partial charge in [-0.1, -0.05) is 13.8 Å². The summed E-state index contributed by atoms with van der Waals surface area (Å²) in [5.74, 6) is -0.536. The van der Waals surface area contributed by atoms with E-state index in [9.17, 15) is 9.18 Å². The number of halogens is 1. The number of nitrogens with two attached hydrogens (primary N) is 1. The van der Waals surface area contributed by atoms with Crippen LogP contribution in [0.5, 0.6) is 0 Å². The van der Waals surface area contributed by atoms with Gasteiger partial charge in [0.1, 0.15) is 5.82 Å². The van der Waals surface area contributed by atoms with Gasteiger partial charge in [0, 0.05) is 24.7 Å². The molecule has 1 fully saturated rings. The second-order valence-electron chi connectivity index (χ2n) is 5.48. The molecule has 1 heterocycles. The Morgan fingerprint density at radius 3 is 2.48 bits per heavy atom. The smallest absolute Gasteiger partial charge is 0.253 e. The Morgan fingerprint density at radius 1 is 1.33 bits per heavy atom. The minimum atomic E-state index is -0.480. The molecule has 0 aliphatic carbocycles. The van der Waals surface area contributed by atoms with Crippen molar-refractivity contribution in [2.24, 2.45) is 0 Å². The largest absolute Gasteiger partial charge is 0.396 e. The topological polar surface area (TPSA) is 49.6 Å². The highest BCUT2D eigenvalue weighted by molar-refractivity contribution is 5.95. The predicted molar refractivity (Wildman–Crippen MR) is 82.7 cm³/mol. The van der Waals surface area contributed by atoms with E-state index in [1.54, 1.807) is 0 Å². The monoisotopic (exact) mass is 293 g/mol. The van der Waals surface area contributed by atoms with Crippen LogP contribution in [-0.2, 0) is 0 Å². The fraction of sp³-hybridized carbons (Fsp3) is 0.562. The van der Waals surface area contributed by atoms with Crippen LogP contribution in [0, 0.1) is 5.82 Å². The van der Waals surface area contributed by atoms with Crippen molar-refractivity contribution in [3.63, 3.8) is 0 Å². The molecule has 0 radical (unpaired) electrons. The van der Waals surface area contributed by atoms with Gasteiger partial charge in [-0.15, -0.1) is 0 Å². The highest BCUT2D eigenvalue weighted by atomic mass is 19.1. The van der Waals surface area contributed by atoms with Crippen molar-refractivity contribution < 1.29 is 9.18 Å². The van der Waals surface area contributed by atoms with Crippen LogP contribution < -0.4 is 5.73 Å². The number of likely N-dealkylation sites (tertiary alicyclic amines) is 1. The number of piperidine rings is 1. The lowest BCUT2D eigenvalue weighted by atomic mass is 10.0. The van der Waals surface area contributed by atoms with Gasteiger partial charge in [-0.05, 0) is 44.1 Å². The lowest BCUT2D eigenvalue weighted by Gasteiger charge is -2.37. The first-order chi connectivity index (χ1) is 10.1. The summed E-state index contributed by atoms with van der Waals surface area (Å²) in [5.41, 5.74) is 6.03. The maximum atomic E-state index is 13.2. The van der Waals surface area contributed by atoms with E-state index < -0.39 is 5.82 Å². The number of carbonyl (C=O) groups is 1. The normalized spacial score (nSPS) is 16.5. The van der Waals surface area contributed by atoms with Crippen LogP contribution in [0.25, 0.3) is 0 Å². The van der Waals surface area contributed by atoms with Crippen LogP contribution >= 0.6 is 0 Å². The molecule has 0 atom stereocenters. The third kappa shape index (κ3) is 3.53. The van der Waals surface area contributed by atoms with Gasteiger partial charge in [-0.25, -0.2) is 4.39 Å². The molecule has 0 unspecified atom stereocenters. The highest BCUT2D eigenvalue weighted by Gasteiger charge is 2.26. The van der Waals surface area contributed by atoms with Crippen molar-refractivity contribution in [3.8, 4) is 0 Å². The number of nitrogens with zero attached hydrogens (tertiary/aromatic N) is 2. The minimum absolute atomic E-state index is 0.0267. The second kappa shape index (κ2) is 6.89. The van der Waals surface area contributed by atoms with E-state index in [1.165, 1.54) is 18.2 Å². The van der Waals surface area contributed by atoms with Crippen LogP contribution in [0.4, 0.5) is 10.1 Å². The Hall–Kier alpha value is -1.62. The molecule has 21 heavy (non-hydrogen) atoms. The molecule has 116 valence electrons. The van der Waals surface area contributed by atoms with Gasteiger partial charge in [0.15, 0.2) is 0 Å². The molecule has 1 aliphatic rings. The molecule has 2 rings (SSSR count). The first kappa shape index (κ1) is 15.8. The zero-order chi connectivity index (χ0) is 15.4. The molecule has 1 aliphatic heterocycles. The van der Waals surface area contributed by atoms with E-state index in [-0.39, 0.29) is 11.6 Å². The third-order valence-electron chi connectivity index (χ3n) is 4.32. The van der Waals surface area contributed by atoms with E-state index in [0.29, 0.717) is 11.6 Å². The maximum Gasteiger partial charge on any atom is 0.253 e. The summed E-state index contributed by atoms with van der Waals surface area (Å²) in [7, 11) is 0. The first-order valence-electron chi connectivity index (χ1n) is 7.65. The Balaban J connectivity index is 1.98. The molecule has 1 aromatic rings. The summed E-state index contributed by atoms with van der Waals surface area (Å²) in [6.45, 7) is 7.92. The fourth-order valence-electron chi connectivity index (χ4n) is 3.03. The van der Waals surface area contributed by atoms with Crippen LogP contribution in [0.3, 0.4) is 0 Å². The van der Waals surface area contributed by atoms with Crippen molar-refractivity contribution in [2.75, 3.05) is 31.9 Å². The summed E-state index contributed by atoms with van der Waals surface area (Å²) >= 11 is 0. The van der Waals surface area contributed by atoms with E-state index >= 15 is 0 Å². The van der Waals surface area contributed by atoms with Crippen LogP contribution in [0.2, 0.25) is 0 Å². The summed E-state index contributed by atoms with van der Waals surface area (Å²) in [6.07, 6.45) is 1.98. The summed E-state index contributed by atoms with van der Waals surface area (Å²) in [6, 6.07) is 4.74. The van der Waals surface area contributed by atoms with E-state index in [2.05, 4.69) is 18.7 Å². The van der Waals surface area contributed by atoms with Gasteiger partial charge in [-0.3, -0.25) is 4.79 Å². The van der Waals surface area contributed by atoms with Crippen molar-refractivity contribution in [1.29, 1.82) is 0 Å². The number of anilines is 1. The molecule has 0 aromatic heterocycles. The molecule has 0 bridgehead atoms. The molecular formula is C16H24FN3O. The molecule has 1 aromatic carbocycles. The zero-order valence-corrected chi connectivity index (χ0v) is 12.8. The van der Waals surface area contributed by atoms with Gasteiger partial charge >= 0.3 is 0 Å². The number of hydrogen-bond acceptors (Lipinski definition) is 3. The molecule has 2 N–H and O–H groups in total. The Labute approximate surface area is 125 Å². The number of hydrogen-bond donors (Lipinski definition) is 1. The number of nitrogen functional groups attached to an aromatic ring is 1. The Morgan fingerprint density at radius 2 is 1.95 bits per heavy atom. The number of benzene rings is 1. The third-order valence-corrected chi connectivity index (χ3v) is 4.32. The van der Waals surface area contributed by atoms with Crippen LogP contribution in [0.1, 0.15) is 37.0 Å². The summed E-state index contributed by atoms with van der Waals surface area (Å²) in [5, 5.41) is 0. The van der Waals surface area contributed by atoms with Crippen molar-refractivity contribution in [2.45, 2.75) is 32.7 Å². The first-order valence-corrected chi connectivity index (χ1v) is 7.65. The van der Waals surface area contributed by atoms with Gasteiger partial charge in [0.25, 0.3) is 5.91 Å². The van der Waals surface area contributed by atoms with Crippen LogP contribution in [-0.4, -0.2) is 47.9 Å². The zero-order valence-electron chi connectivity index (χ0n) is 12.8. The molecule has 1 amide bonds. The molecular weight excluding hydrogens is 269 g/mol. The summed E-state index contributed by atoms with van der Waals surface area (Å²) < 4.78 is 13.2. The Kier molecular flexibility index (Phi) is 5.17. The minimum Gasteiger partial charge on any atom is -0.396 e. The predicted octanol–water partition coefficient (Wildman–Crippen LogP) is 2.35. The van der Waals surface area contributed by atoms with Crippen molar-refractivity contribution in [3.05, 3.63) is 29.6 Å². The maximum absolute atomic E-state index is 13.2. The molecule has 4 nitrogen and oxygen atoms in total. The number of carbonyl (C=O) groups excluding carboxylic acids is 1. The van der Waals surface area contributed by atoms with E-state index in [4.69, 9.17) is 5.73 Å². The fourth-order valence-corrected chi connectivity index (χ4v) is 3.03. The lowest BCUT2D eigenvalue weighted by molar-refractivity contribution is 0.0631.